The average Bonchev–Trinajstić information content (AvgIpc) is 3.02. The first kappa shape index (κ1) is 15.8. The third kappa shape index (κ3) is 3.03. The van der Waals surface area contributed by atoms with Crippen molar-refractivity contribution in [3.63, 3.8) is 0 Å². The zero-order valence-corrected chi connectivity index (χ0v) is 12.4. The molecule has 0 atom stereocenters. The van der Waals surface area contributed by atoms with E-state index in [1.807, 2.05) is 0 Å². The second-order valence-corrected chi connectivity index (χ2v) is 5.42. The molecule has 1 aromatic rings. The van der Waals surface area contributed by atoms with Crippen LogP contribution in [0.3, 0.4) is 0 Å². The minimum atomic E-state index is -1.09. The maximum atomic E-state index is 12.2. The Kier molecular flexibility index (Phi) is 4.66. The third-order valence-electron chi connectivity index (χ3n) is 4.05. The van der Waals surface area contributed by atoms with Gasteiger partial charge in [0.1, 0.15) is 16.7 Å². The summed E-state index contributed by atoms with van der Waals surface area (Å²) in [4.78, 5) is 23.4. The van der Waals surface area contributed by atoms with Crippen LogP contribution in [0.15, 0.2) is 18.2 Å². The largest absolute Gasteiger partial charge is 0.496 e. The first-order chi connectivity index (χ1) is 10.5. The van der Waals surface area contributed by atoms with Crippen LogP contribution in [-0.4, -0.2) is 24.1 Å². The van der Waals surface area contributed by atoms with E-state index in [1.54, 1.807) is 12.1 Å². The van der Waals surface area contributed by atoms with Crippen LogP contribution in [0.25, 0.3) is 0 Å². The van der Waals surface area contributed by atoms with Crippen LogP contribution in [-0.2, 0) is 11.3 Å². The van der Waals surface area contributed by atoms with Gasteiger partial charge < -0.3 is 15.2 Å². The molecular weight excluding hydrogens is 284 g/mol. The highest BCUT2D eigenvalue weighted by Crippen LogP contribution is 2.37. The van der Waals surface area contributed by atoms with Gasteiger partial charge in [-0.15, -0.1) is 0 Å². The Morgan fingerprint density at radius 2 is 2.09 bits per heavy atom. The molecule has 6 heteroatoms. The van der Waals surface area contributed by atoms with E-state index >= 15 is 0 Å². The van der Waals surface area contributed by atoms with Crippen molar-refractivity contribution >= 4 is 11.9 Å². The molecule has 0 radical (unpaired) electrons. The Morgan fingerprint density at radius 1 is 1.41 bits per heavy atom. The van der Waals surface area contributed by atoms with Gasteiger partial charge in [0.25, 0.3) is 0 Å². The summed E-state index contributed by atoms with van der Waals surface area (Å²) in [6.45, 7) is 0.187. The molecule has 2 rings (SSSR count). The quantitative estimate of drug-likeness (QED) is 0.867. The van der Waals surface area contributed by atoms with Crippen molar-refractivity contribution in [2.45, 2.75) is 32.2 Å². The summed E-state index contributed by atoms with van der Waals surface area (Å²) in [6.07, 6.45) is 2.93. The molecule has 116 valence electrons. The summed E-state index contributed by atoms with van der Waals surface area (Å²) in [5.74, 6) is -1.10. The standard InChI is InChI=1S/C16H18N2O4/c1-22-13-5-4-11(8-12(13)14(19)20)9-18-15(21)16(10-17)6-2-3-7-16/h4-5,8H,2-3,6-7,9H2,1H3,(H,18,21)(H,19,20). The van der Waals surface area contributed by atoms with Gasteiger partial charge in [-0.25, -0.2) is 4.79 Å². The third-order valence-corrected chi connectivity index (χ3v) is 4.05. The molecule has 1 fully saturated rings. The molecule has 6 nitrogen and oxygen atoms in total. The summed E-state index contributed by atoms with van der Waals surface area (Å²) in [5, 5.41) is 21.1. The Balaban J connectivity index is 2.09. The average molecular weight is 302 g/mol. The molecule has 2 N–H and O–H groups in total. The van der Waals surface area contributed by atoms with Gasteiger partial charge in [0, 0.05) is 6.54 Å². The van der Waals surface area contributed by atoms with Gasteiger partial charge >= 0.3 is 5.97 Å². The van der Waals surface area contributed by atoms with Crippen LogP contribution >= 0.6 is 0 Å². The number of ether oxygens (including phenoxy) is 1. The summed E-state index contributed by atoms with van der Waals surface area (Å²) in [5.41, 5.74) is -0.231. The number of carboxylic acid groups (broad SMARTS) is 1. The number of carboxylic acids is 1. The molecule has 0 heterocycles. The van der Waals surface area contributed by atoms with Gasteiger partial charge in [-0.2, -0.15) is 5.26 Å². The van der Waals surface area contributed by atoms with Crippen molar-refractivity contribution in [1.82, 2.24) is 5.32 Å². The molecule has 0 aromatic heterocycles. The molecule has 1 saturated carbocycles. The SMILES string of the molecule is COc1ccc(CNC(=O)C2(C#N)CCCC2)cc1C(=O)O. The zero-order valence-electron chi connectivity index (χ0n) is 12.4. The first-order valence-electron chi connectivity index (χ1n) is 7.12. The molecule has 0 unspecified atom stereocenters. The summed E-state index contributed by atoms with van der Waals surface area (Å²) >= 11 is 0. The lowest BCUT2D eigenvalue weighted by Crippen LogP contribution is -2.37. The highest BCUT2D eigenvalue weighted by atomic mass is 16.5. The zero-order chi connectivity index (χ0) is 16.2. The van der Waals surface area contributed by atoms with Crippen LogP contribution in [0, 0.1) is 16.7 Å². The van der Waals surface area contributed by atoms with Gasteiger partial charge in [0.05, 0.1) is 13.2 Å². The lowest BCUT2D eigenvalue weighted by Gasteiger charge is -2.19. The van der Waals surface area contributed by atoms with Crippen LogP contribution in [0.1, 0.15) is 41.6 Å². The molecule has 22 heavy (non-hydrogen) atoms. The number of carbonyl (C=O) groups excluding carboxylic acids is 1. The summed E-state index contributed by atoms with van der Waals surface area (Å²) in [7, 11) is 1.40. The number of aromatic carboxylic acids is 1. The number of nitriles is 1. The topological polar surface area (TPSA) is 99.4 Å². The highest BCUT2D eigenvalue weighted by Gasteiger charge is 2.41. The van der Waals surface area contributed by atoms with Crippen molar-refractivity contribution in [2.75, 3.05) is 7.11 Å². The van der Waals surface area contributed by atoms with Crippen molar-refractivity contribution in [3.05, 3.63) is 29.3 Å². The minimum absolute atomic E-state index is 0.0464. The number of methoxy groups -OCH3 is 1. The number of hydrogen-bond donors (Lipinski definition) is 2. The number of rotatable bonds is 5. The van der Waals surface area contributed by atoms with E-state index < -0.39 is 11.4 Å². The molecule has 0 spiro atoms. The van der Waals surface area contributed by atoms with E-state index in [2.05, 4.69) is 11.4 Å². The molecule has 0 saturated heterocycles. The molecule has 0 bridgehead atoms. The van der Waals surface area contributed by atoms with E-state index in [-0.39, 0.29) is 23.8 Å². The predicted octanol–water partition coefficient (Wildman–Crippen LogP) is 2.09. The Bertz CT molecular complexity index is 628. The van der Waals surface area contributed by atoms with Crippen LogP contribution < -0.4 is 10.1 Å². The van der Waals surface area contributed by atoms with Gasteiger partial charge in [-0.3, -0.25) is 4.79 Å². The maximum absolute atomic E-state index is 12.2. The highest BCUT2D eigenvalue weighted by molar-refractivity contribution is 5.91. The van der Waals surface area contributed by atoms with E-state index in [4.69, 9.17) is 9.84 Å². The maximum Gasteiger partial charge on any atom is 0.339 e. The van der Waals surface area contributed by atoms with E-state index in [0.717, 1.165) is 12.8 Å². The molecular formula is C16H18N2O4. The smallest absolute Gasteiger partial charge is 0.339 e. The van der Waals surface area contributed by atoms with Crippen LogP contribution in [0.2, 0.25) is 0 Å². The van der Waals surface area contributed by atoms with Crippen molar-refractivity contribution < 1.29 is 19.4 Å². The molecule has 1 aromatic carbocycles. The second kappa shape index (κ2) is 6.48. The minimum Gasteiger partial charge on any atom is -0.496 e. The Morgan fingerprint density at radius 3 is 2.64 bits per heavy atom. The van der Waals surface area contributed by atoms with E-state index in [0.29, 0.717) is 18.4 Å². The lowest BCUT2D eigenvalue weighted by atomic mass is 9.87. The Hall–Kier alpha value is -2.55. The predicted molar refractivity (Wildman–Crippen MR) is 78.3 cm³/mol. The number of carbonyl (C=O) groups is 2. The monoisotopic (exact) mass is 302 g/mol. The molecule has 1 aliphatic carbocycles. The first-order valence-corrected chi connectivity index (χ1v) is 7.12. The van der Waals surface area contributed by atoms with Crippen LogP contribution in [0.4, 0.5) is 0 Å². The number of nitrogens with one attached hydrogen (secondary N) is 1. The second-order valence-electron chi connectivity index (χ2n) is 5.42. The van der Waals surface area contributed by atoms with Gasteiger partial charge in [0.2, 0.25) is 5.91 Å². The molecule has 1 amide bonds. The Labute approximate surface area is 128 Å². The lowest BCUT2D eigenvalue weighted by molar-refractivity contribution is -0.128. The molecule has 0 aliphatic heterocycles. The van der Waals surface area contributed by atoms with Gasteiger partial charge in [0.15, 0.2) is 0 Å². The fourth-order valence-corrected chi connectivity index (χ4v) is 2.75. The summed E-state index contributed by atoms with van der Waals surface area (Å²) in [6, 6.07) is 6.85. The fraction of sp³-hybridized carbons (Fsp3) is 0.438. The summed E-state index contributed by atoms with van der Waals surface area (Å²) < 4.78 is 4.99. The van der Waals surface area contributed by atoms with Crippen molar-refractivity contribution in [2.24, 2.45) is 5.41 Å². The van der Waals surface area contributed by atoms with Crippen LogP contribution in [0.5, 0.6) is 5.75 Å². The van der Waals surface area contributed by atoms with Crippen molar-refractivity contribution in [3.8, 4) is 11.8 Å². The van der Waals surface area contributed by atoms with Gasteiger partial charge in [-0.1, -0.05) is 18.9 Å². The number of benzene rings is 1. The normalized spacial score (nSPS) is 15.8. The van der Waals surface area contributed by atoms with Gasteiger partial charge in [-0.05, 0) is 30.5 Å². The number of amides is 1. The van der Waals surface area contributed by atoms with E-state index in [9.17, 15) is 14.9 Å². The molecule has 1 aliphatic rings. The van der Waals surface area contributed by atoms with E-state index in [1.165, 1.54) is 13.2 Å². The number of hydrogen-bond acceptors (Lipinski definition) is 4. The fourth-order valence-electron chi connectivity index (χ4n) is 2.75. The number of nitrogens with zero attached hydrogens (tertiary/aromatic N) is 1. The van der Waals surface area contributed by atoms with Crippen molar-refractivity contribution in [1.29, 1.82) is 5.26 Å².